The number of nitrogens with one attached hydrogen (secondary N) is 1. The van der Waals surface area contributed by atoms with E-state index in [-0.39, 0.29) is 5.91 Å². The fraction of sp³-hybridized carbons (Fsp3) is 0.529. The molecule has 122 valence electrons. The van der Waals surface area contributed by atoms with Gasteiger partial charge in [0.2, 0.25) is 5.91 Å². The van der Waals surface area contributed by atoms with E-state index in [9.17, 15) is 9.59 Å². The minimum absolute atomic E-state index is 0.212. The van der Waals surface area contributed by atoms with E-state index >= 15 is 0 Å². The Morgan fingerprint density at radius 1 is 1.32 bits per heavy atom. The maximum Gasteiger partial charge on any atom is 0.326 e. The average Bonchev–Trinajstić information content (AvgIpc) is 2.46. The quantitative estimate of drug-likeness (QED) is 0.652. The van der Waals surface area contributed by atoms with Crippen molar-refractivity contribution >= 4 is 11.9 Å². The zero-order valence-corrected chi connectivity index (χ0v) is 13.3. The van der Waals surface area contributed by atoms with Gasteiger partial charge in [0, 0.05) is 6.42 Å². The normalized spacial score (nSPS) is 11.7. The van der Waals surface area contributed by atoms with E-state index in [1.54, 1.807) is 0 Å². The molecule has 0 aromatic heterocycles. The molecule has 0 aliphatic heterocycles. The van der Waals surface area contributed by atoms with E-state index in [2.05, 4.69) is 5.32 Å². The van der Waals surface area contributed by atoms with Gasteiger partial charge in [0.05, 0.1) is 6.61 Å². The zero-order chi connectivity index (χ0) is 16.4. The molecule has 2 N–H and O–H groups in total. The van der Waals surface area contributed by atoms with Crippen molar-refractivity contribution < 1.29 is 19.4 Å². The smallest absolute Gasteiger partial charge is 0.326 e. The van der Waals surface area contributed by atoms with Gasteiger partial charge in [-0.15, -0.1) is 0 Å². The van der Waals surface area contributed by atoms with Crippen LogP contribution in [0, 0.1) is 6.92 Å². The number of aryl methyl sites for hydroxylation is 1. The molecule has 0 bridgehead atoms. The highest BCUT2D eigenvalue weighted by atomic mass is 16.5. The van der Waals surface area contributed by atoms with Crippen LogP contribution in [0.5, 0.6) is 5.75 Å². The molecule has 1 amide bonds. The van der Waals surface area contributed by atoms with E-state index in [0.717, 1.165) is 24.2 Å². The topological polar surface area (TPSA) is 75.6 Å². The Kier molecular flexibility index (Phi) is 8.04. The Labute approximate surface area is 131 Å². The summed E-state index contributed by atoms with van der Waals surface area (Å²) < 4.78 is 5.60. The van der Waals surface area contributed by atoms with Crippen molar-refractivity contribution in [3.63, 3.8) is 0 Å². The summed E-state index contributed by atoms with van der Waals surface area (Å²) in [6.45, 7) is 4.45. The highest BCUT2D eigenvalue weighted by Crippen LogP contribution is 2.12. The predicted octanol–water partition coefficient (Wildman–Crippen LogP) is 2.91. The first-order valence-electron chi connectivity index (χ1n) is 7.74. The van der Waals surface area contributed by atoms with Crippen LogP contribution in [0.3, 0.4) is 0 Å². The first kappa shape index (κ1) is 18.0. The average molecular weight is 307 g/mol. The minimum Gasteiger partial charge on any atom is -0.494 e. The summed E-state index contributed by atoms with van der Waals surface area (Å²) in [5.74, 6) is -0.354. The van der Waals surface area contributed by atoms with Crippen LogP contribution in [0.1, 0.15) is 44.6 Å². The van der Waals surface area contributed by atoms with Crippen LogP contribution in [-0.2, 0) is 9.59 Å². The summed E-state index contributed by atoms with van der Waals surface area (Å²) in [6, 6.07) is 7.04. The molecular formula is C17H25NO4. The molecule has 0 radical (unpaired) electrons. The fourth-order valence-corrected chi connectivity index (χ4v) is 2.10. The molecule has 1 atom stereocenters. The van der Waals surface area contributed by atoms with E-state index < -0.39 is 12.0 Å². The van der Waals surface area contributed by atoms with Crippen LogP contribution < -0.4 is 10.1 Å². The third-order valence-corrected chi connectivity index (χ3v) is 3.27. The van der Waals surface area contributed by atoms with Gasteiger partial charge >= 0.3 is 5.97 Å². The number of carbonyl (C=O) groups excluding carboxylic acids is 1. The first-order chi connectivity index (χ1) is 10.5. The van der Waals surface area contributed by atoms with Crippen LogP contribution in [0.4, 0.5) is 0 Å². The van der Waals surface area contributed by atoms with Gasteiger partial charge in [0.15, 0.2) is 0 Å². The molecule has 5 nitrogen and oxygen atoms in total. The fourth-order valence-electron chi connectivity index (χ4n) is 2.10. The molecule has 0 aliphatic rings. The Bertz CT molecular complexity index is 487. The second kappa shape index (κ2) is 9.82. The lowest BCUT2D eigenvalue weighted by molar-refractivity contribution is -0.142. The van der Waals surface area contributed by atoms with E-state index in [0.29, 0.717) is 25.9 Å². The second-order valence-electron chi connectivity index (χ2n) is 5.37. The summed E-state index contributed by atoms with van der Waals surface area (Å²) in [4.78, 5) is 22.6. The molecule has 0 saturated heterocycles. The summed E-state index contributed by atoms with van der Waals surface area (Å²) >= 11 is 0. The molecule has 5 heteroatoms. The van der Waals surface area contributed by atoms with Crippen molar-refractivity contribution in [3.05, 3.63) is 29.8 Å². The van der Waals surface area contributed by atoms with Gasteiger partial charge in [-0.05, 0) is 43.9 Å². The van der Waals surface area contributed by atoms with Crippen LogP contribution in [0.15, 0.2) is 24.3 Å². The maximum atomic E-state index is 11.7. The third kappa shape index (κ3) is 7.11. The highest BCUT2D eigenvalue weighted by molar-refractivity contribution is 5.83. The van der Waals surface area contributed by atoms with Gasteiger partial charge < -0.3 is 15.2 Å². The lowest BCUT2D eigenvalue weighted by Crippen LogP contribution is -2.40. The number of amides is 1. The summed E-state index contributed by atoms with van der Waals surface area (Å²) in [5.41, 5.74) is 1.15. The number of hydrogen-bond donors (Lipinski definition) is 2. The molecule has 0 fully saturated rings. The van der Waals surface area contributed by atoms with Crippen molar-refractivity contribution in [1.29, 1.82) is 0 Å². The molecule has 0 heterocycles. The monoisotopic (exact) mass is 307 g/mol. The molecule has 1 aromatic rings. The number of hydrogen-bond acceptors (Lipinski definition) is 3. The molecular weight excluding hydrogens is 282 g/mol. The van der Waals surface area contributed by atoms with Gasteiger partial charge in [-0.3, -0.25) is 4.79 Å². The molecule has 22 heavy (non-hydrogen) atoms. The van der Waals surface area contributed by atoms with Crippen LogP contribution in [-0.4, -0.2) is 29.6 Å². The summed E-state index contributed by atoms with van der Waals surface area (Å²) in [6.07, 6.45) is 2.94. The maximum absolute atomic E-state index is 11.7. The highest BCUT2D eigenvalue weighted by Gasteiger charge is 2.18. The van der Waals surface area contributed by atoms with E-state index in [1.807, 2.05) is 38.1 Å². The Hall–Kier alpha value is -2.04. The largest absolute Gasteiger partial charge is 0.494 e. The number of carboxylic acid groups (broad SMARTS) is 1. The van der Waals surface area contributed by atoms with Gasteiger partial charge in [0.25, 0.3) is 0 Å². The van der Waals surface area contributed by atoms with Crippen molar-refractivity contribution in [3.8, 4) is 5.75 Å². The summed E-state index contributed by atoms with van der Waals surface area (Å²) in [7, 11) is 0. The first-order valence-corrected chi connectivity index (χ1v) is 7.74. The van der Waals surface area contributed by atoms with E-state index in [1.165, 1.54) is 0 Å². The van der Waals surface area contributed by atoms with Gasteiger partial charge in [0.1, 0.15) is 11.8 Å². The number of carbonyl (C=O) groups is 2. The number of rotatable bonds is 10. The van der Waals surface area contributed by atoms with Crippen molar-refractivity contribution in [2.45, 2.75) is 52.0 Å². The van der Waals surface area contributed by atoms with Gasteiger partial charge in [-0.2, -0.15) is 0 Å². The predicted molar refractivity (Wildman–Crippen MR) is 85.0 cm³/mol. The van der Waals surface area contributed by atoms with Crippen LogP contribution in [0.2, 0.25) is 0 Å². The van der Waals surface area contributed by atoms with E-state index in [4.69, 9.17) is 9.84 Å². The molecule has 0 aliphatic carbocycles. The molecule has 0 spiro atoms. The van der Waals surface area contributed by atoms with Gasteiger partial charge in [-0.1, -0.05) is 25.5 Å². The van der Waals surface area contributed by atoms with Gasteiger partial charge in [-0.25, -0.2) is 4.79 Å². The summed E-state index contributed by atoms with van der Waals surface area (Å²) in [5, 5.41) is 11.5. The minimum atomic E-state index is -0.974. The van der Waals surface area contributed by atoms with Crippen molar-refractivity contribution in [1.82, 2.24) is 5.32 Å². The lowest BCUT2D eigenvalue weighted by atomic mass is 10.1. The molecule has 0 saturated carbocycles. The zero-order valence-electron chi connectivity index (χ0n) is 13.3. The number of aliphatic carboxylic acids is 1. The Morgan fingerprint density at radius 2 is 2.09 bits per heavy atom. The number of ether oxygens (including phenoxy) is 1. The molecule has 1 unspecified atom stereocenters. The van der Waals surface area contributed by atoms with Crippen molar-refractivity contribution in [2.75, 3.05) is 6.61 Å². The SMILES string of the molecule is CCCC(NC(=O)CCCCOc1cccc(C)c1)C(=O)O. The number of unbranched alkanes of at least 4 members (excludes halogenated alkanes) is 1. The van der Waals surface area contributed by atoms with Crippen LogP contribution >= 0.6 is 0 Å². The van der Waals surface area contributed by atoms with Crippen LogP contribution in [0.25, 0.3) is 0 Å². The molecule has 1 aromatic carbocycles. The van der Waals surface area contributed by atoms with Crippen molar-refractivity contribution in [2.24, 2.45) is 0 Å². The second-order valence-corrected chi connectivity index (χ2v) is 5.37. The molecule has 1 rings (SSSR count). The Morgan fingerprint density at radius 3 is 2.73 bits per heavy atom. The lowest BCUT2D eigenvalue weighted by Gasteiger charge is -2.13. The number of benzene rings is 1. The number of carboxylic acids is 1. The Balaban J connectivity index is 2.18. The third-order valence-electron chi connectivity index (χ3n) is 3.27. The standard InChI is InChI=1S/C17H25NO4/c1-3-7-15(17(20)21)18-16(19)10-4-5-11-22-14-9-6-8-13(2)12-14/h6,8-9,12,15H,3-5,7,10-11H2,1-2H3,(H,18,19)(H,20,21).